The van der Waals surface area contributed by atoms with Crippen LogP contribution in [0.4, 0.5) is 4.79 Å². The fourth-order valence-corrected chi connectivity index (χ4v) is 1.44. The number of nitrogens with zero attached hydrogens (tertiary/aromatic N) is 1. The average Bonchev–Trinajstić information content (AvgIpc) is 2.46. The molecule has 5 nitrogen and oxygen atoms in total. The quantitative estimate of drug-likeness (QED) is 0.599. The number of methoxy groups -OCH3 is 1. The Balaban J connectivity index is 2.53. The number of carbonyl (C=O) groups is 1. The van der Waals surface area contributed by atoms with Crippen LogP contribution in [0.25, 0.3) is 0 Å². The third-order valence-electron chi connectivity index (χ3n) is 2.19. The molecule has 1 heterocycles. The Morgan fingerprint density at radius 1 is 1.67 bits per heavy atom. The van der Waals surface area contributed by atoms with Crippen molar-refractivity contribution >= 4 is 6.09 Å². The molecule has 0 aromatic heterocycles. The maximum absolute atomic E-state index is 10.5. The zero-order chi connectivity index (χ0) is 9.14. The van der Waals surface area contributed by atoms with Crippen LogP contribution in [0.5, 0.6) is 0 Å². The lowest BCUT2D eigenvalue weighted by Gasteiger charge is -2.12. The number of hydrogen-bond acceptors (Lipinski definition) is 3. The second-order valence-electron chi connectivity index (χ2n) is 2.90. The van der Waals surface area contributed by atoms with Gasteiger partial charge in [-0.15, -0.1) is 0 Å². The molecule has 1 fully saturated rings. The number of hydrogen-bond donors (Lipinski definition) is 2. The molecular weight excluding hydrogens is 162 g/mol. The molecule has 0 saturated carbocycles. The van der Waals surface area contributed by atoms with Gasteiger partial charge in [0, 0.05) is 19.6 Å². The van der Waals surface area contributed by atoms with Gasteiger partial charge >= 0.3 is 6.09 Å². The summed E-state index contributed by atoms with van der Waals surface area (Å²) in [6, 6.07) is 0. The van der Waals surface area contributed by atoms with E-state index >= 15 is 0 Å². The number of aliphatic hydroxyl groups excluding tert-OH is 1. The molecule has 1 aliphatic heterocycles. The molecule has 5 heteroatoms. The van der Waals surface area contributed by atoms with Gasteiger partial charge in [0.25, 0.3) is 0 Å². The summed E-state index contributed by atoms with van der Waals surface area (Å²) in [5, 5.41) is 17.5. The van der Waals surface area contributed by atoms with Crippen LogP contribution in [0.3, 0.4) is 0 Å². The lowest BCUT2D eigenvalue weighted by atomic mass is 10.1. The van der Waals surface area contributed by atoms with Gasteiger partial charge in [0.2, 0.25) is 0 Å². The Morgan fingerprint density at radius 2 is 2.33 bits per heavy atom. The first-order chi connectivity index (χ1) is 5.69. The Labute approximate surface area is 70.5 Å². The fraction of sp³-hybridized carbons (Fsp3) is 0.857. The molecule has 1 saturated heterocycles. The highest BCUT2D eigenvalue weighted by Gasteiger charge is 2.34. The van der Waals surface area contributed by atoms with Crippen LogP contribution in [0, 0.1) is 5.92 Å². The van der Waals surface area contributed by atoms with Gasteiger partial charge in [-0.1, -0.05) is 0 Å². The third-order valence-corrected chi connectivity index (χ3v) is 2.19. The minimum Gasteiger partial charge on any atom is -0.465 e. The van der Waals surface area contributed by atoms with Crippen molar-refractivity contribution in [3.05, 3.63) is 0 Å². The van der Waals surface area contributed by atoms with E-state index in [-0.39, 0.29) is 18.6 Å². The maximum atomic E-state index is 10.5. The minimum absolute atomic E-state index is 0.0255. The molecule has 70 valence electrons. The SMILES string of the molecule is COC1CN(C(=O)O)CC1CO. The molecule has 0 aromatic carbocycles. The van der Waals surface area contributed by atoms with Crippen molar-refractivity contribution in [1.29, 1.82) is 0 Å². The summed E-state index contributed by atoms with van der Waals surface area (Å²) in [7, 11) is 1.53. The smallest absolute Gasteiger partial charge is 0.407 e. The molecule has 1 aliphatic rings. The monoisotopic (exact) mass is 175 g/mol. The highest BCUT2D eigenvalue weighted by Crippen LogP contribution is 2.18. The van der Waals surface area contributed by atoms with E-state index in [9.17, 15) is 4.79 Å². The lowest BCUT2D eigenvalue weighted by molar-refractivity contribution is 0.0558. The largest absolute Gasteiger partial charge is 0.465 e. The number of likely N-dealkylation sites (tertiary alicyclic amines) is 1. The molecule has 0 spiro atoms. The summed E-state index contributed by atoms with van der Waals surface area (Å²) in [4.78, 5) is 11.8. The van der Waals surface area contributed by atoms with Crippen LogP contribution in [-0.2, 0) is 4.74 Å². The number of aliphatic hydroxyl groups is 1. The first-order valence-corrected chi connectivity index (χ1v) is 3.80. The predicted octanol–water partition coefficient (Wildman–Crippen LogP) is -0.396. The van der Waals surface area contributed by atoms with Crippen LogP contribution >= 0.6 is 0 Å². The van der Waals surface area contributed by atoms with Gasteiger partial charge < -0.3 is 19.8 Å². The molecule has 1 rings (SSSR count). The summed E-state index contributed by atoms with van der Waals surface area (Å²) in [6.07, 6.45) is -1.11. The molecule has 2 atom stereocenters. The predicted molar refractivity (Wildman–Crippen MR) is 41.0 cm³/mol. The van der Waals surface area contributed by atoms with Crippen molar-refractivity contribution in [2.75, 3.05) is 26.8 Å². The van der Waals surface area contributed by atoms with Crippen molar-refractivity contribution in [2.45, 2.75) is 6.10 Å². The second-order valence-corrected chi connectivity index (χ2v) is 2.90. The first kappa shape index (κ1) is 9.28. The van der Waals surface area contributed by atoms with Gasteiger partial charge in [0.05, 0.1) is 19.3 Å². The summed E-state index contributed by atoms with van der Waals surface area (Å²) >= 11 is 0. The van der Waals surface area contributed by atoms with Crippen molar-refractivity contribution in [3.8, 4) is 0 Å². The van der Waals surface area contributed by atoms with E-state index in [1.54, 1.807) is 0 Å². The number of ether oxygens (including phenoxy) is 1. The number of amides is 1. The Kier molecular flexibility index (Phi) is 2.88. The van der Waals surface area contributed by atoms with E-state index in [2.05, 4.69) is 0 Å². The molecule has 12 heavy (non-hydrogen) atoms. The molecular formula is C7H13NO4. The normalized spacial score (nSPS) is 29.3. The van der Waals surface area contributed by atoms with Crippen LogP contribution < -0.4 is 0 Å². The van der Waals surface area contributed by atoms with Crippen LogP contribution in [0.1, 0.15) is 0 Å². The topological polar surface area (TPSA) is 70.0 Å². The Morgan fingerprint density at radius 3 is 2.67 bits per heavy atom. The minimum atomic E-state index is -0.951. The first-order valence-electron chi connectivity index (χ1n) is 3.80. The lowest BCUT2D eigenvalue weighted by Crippen LogP contribution is -2.28. The van der Waals surface area contributed by atoms with Crippen molar-refractivity contribution in [2.24, 2.45) is 5.92 Å². The van der Waals surface area contributed by atoms with Crippen molar-refractivity contribution < 1.29 is 19.7 Å². The standard InChI is InChI=1S/C7H13NO4/c1-12-6-3-8(7(10)11)2-5(6)4-9/h5-6,9H,2-4H2,1H3,(H,10,11). The molecule has 0 radical (unpaired) electrons. The van der Waals surface area contributed by atoms with E-state index in [0.717, 1.165) is 0 Å². The van der Waals surface area contributed by atoms with Crippen LogP contribution in [0.2, 0.25) is 0 Å². The van der Waals surface area contributed by atoms with E-state index in [1.807, 2.05) is 0 Å². The van der Waals surface area contributed by atoms with Gasteiger partial charge in [0.1, 0.15) is 0 Å². The summed E-state index contributed by atoms with van der Waals surface area (Å²) in [5.41, 5.74) is 0. The molecule has 0 aliphatic carbocycles. The average molecular weight is 175 g/mol. The fourth-order valence-electron chi connectivity index (χ4n) is 1.44. The van der Waals surface area contributed by atoms with E-state index in [1.165, 1.54) is 12.0 Å². The molecule has 1 amide bonds. The van der Waals surface area contributed by atoms with E-state index < -0.39 is 6.09 Å². The van der Waals surface area contributed by atoms with Crippen molar-refractivity contribution in [1.82, 2.24) is 4.90 Å². The summed E-state index contributed by atoms with van der Waals surface area (Å²) < 4.78 is 5.03. The van der Waals surface area contributed by atoms with Crippen molar-refractivity contribution in [3.63, 3.8) is 0 Å². The van der Waals surface area contributed by atoms with E-state index in [0.29, 0.717) is 13.1 Å². The van der Waals surface area contributed by atoms with Gasteiger partial charge in [-0.05, 0) is 0 Å². The van der Waals surface area contributed by atoms with Gasteiger partial charge in [-0.3, -0.25) is 0 Å². The van der Waals surface area contributed by atoms with E-state index in [4.69, 9.17) is 14.9 Å². The van der Waals surface area contributed by atoms with Crippen LogP contribution in [0.15, 0.2) is 0 Å². The summed E-state index contributed by atoms with van der Waals surface area (Å²) in [5.74, 6) is -0.0777. The maximum Gasteiger partial charge on any atom is 0.407 e. The van der Waals surface area contributed by atoms with Gasteiger partial charge in [0.15, 0.2) is 0 Å². The molecule has 0 aromatic rings. The molecule has 0 bridgehead atoms. The highest BCUT2D eigenvalue weighted by atomic mass is 16.5. The highest BCUT2D eigenvalue weighted by molar-refractivity contribution is 5.65. The molecule has 2 N–H and O–H groups in total. The number of rotatable bonds is 2. The van der Waals surface area contributed by atoms with Gasteiger partial charge in [-0.2, -0.15) is 0 Å². The zero-order valence-electron chi connectivity index (χ0n) is 6.93. The second kappa shape index (κ2) is 3.73. The van der Waals surface area contributed by atoms with Gasteiger partial charge in [-0.25, -0.2) is 4.79 Å². The molecule has 2 unspecified atom stereocenters. The number of carboxylic acid groups (broad SMARTS) is 1. The zero-order valence-corrected chi connectivity index (χ0v) is 6.93. The Bertz CT molecular complexity index is 161. The summed E-state index contributed by atoms with van der Waals surface area (Å²) in [6.45, 7) is 0.698. The Hall–Kier alpha value is -0.810. The third kappa shape index (κ3) is 1.67. The van der Waals surface area contributed by atoms with Crippen LogP contribution in [-0.4, -0.2) is 54.1 Å².